The van der Waals surface area contributed by atoms with E-state index in [0.717, 1.165) is 18.5 Å². The fourth-order valence-corrected chi connectivity index (χ4v) is 1.54. The van der Waals surface area contributed by atoms with Gasteiger partial charge in [-0.3, -0.25) is 4.79 Å². The molecule has 3 N–H and O–H groups in total. The van der Waals surface area contributed by atoms with Gasteiger partial charge in [0.1, 0.15) is 5.82 Å². The predicted octanol–water partition coefficient (Wildman–Crippen LogP) is 0.496. The molecule has 0 unspecified atom stereocenters. The van der Waals surface area contributed by atoms with Gasteiger partial charge in [-0.25, -0.2) is 4.98 Å². The van der Waals surface area contributed by atoms with E-state index in [4.69, 9.17) is 5.73 Å². The standard InChI is InChI=1S/C9H13N3O/c10-5-8-11-7(4-9(13)12-8)6-2-1-3-6/h4,6H,1-3,5,10H2,(H,11,12,13). The fourth-order valence-electron chi connectivity index (χ4n) is 1.54. The Labute approximate surface area is 76.2 Å². The highest BCUT2D eigenvalue weighted by Crippen LogP contribution is 2.34. The molecule has 1 aliphatic rings. The zero-order valence-electron chi connectivity index (χ0n) is 7.42. The molecule has 1 aliphatic carbocycles. The van der Waals surface area contributed by atoms with Crippen LogP contribution >= 0.6 is 0 Å². The molecule has 1 heterocycles. The summed E-state index contributed by atoms with van der Waals surface area (Å²) in [4.78, 5) is 18.1. The lowest BCUT2D eigenvalue weighted by Crippen LogP contribution is -2.19. The van der Waals surface area contributed by atoms with E-state index in [1.165, 1.54) is 6.42 Å². The Bertz CT molecular complexity index is 354. The second-order valence-corrected chi connectivity index (χ2v) is 3.45. The molecule has 70 valence electrons. The van der Waals surface area contributed by atoms with Gasteiger partial charge in [0.05, 0.1) is 12.2 Å². The average molecular weight is 179 g/mol. The number of hydrogen-bond donors (Lipinski definition) is 2. The average Bonchev–Trinajstić information content (AvgIpc) is 2.00. The van der Waals surface area contributed by atoms with Crippen molar-refractivity contribution < 1.29 is 0 Å². The van der Waals surface area contributed by atoms with Crippen molar-refractivity contribution in [1.29, 1.82) is 0 Å². The van der Waals surface area contributed by atoms with E-state index in [-0.39, 0.29) is 5.56 Å². The number of aromatic nitrogens is 2. The SMILES string of the molecule is NCc1nc(C2CCC2)cc(=O)[nH]1. The number of rotatable bonds is 2. The minimum absolute atomic E-state index is 0.0858. The number of nitrogens with one attached hydrogen (secondary N) is 1. The second-order valence-electron chi connectivity index (χ2n) is 3.45. The van der Waals surface area contributed by atoms with Gasteiger partial charge in [0.2, 0.25) is 0 Å². The lowest BCUT2D eigenvalue weighted by Gasteiger charge is -2.24. The molecule has 1 fully saturated rings. The van der Waals surface area contributed by atoms with Gasteiger partial charge in [-0.2, -0.15) is 0 Å². The Hall–Kier alpha value is -1.16. The third-order valence-corrected chi connectivity index (χ3v) is 2.53. The highest BCUT2D eigenvalue weighted by Gasteiger charge is 2.21. The van der Waals surface area contributed by atoms with Crippen LogP contribution in [-0.4, -0.2) is 9.97 Å². The van der Waals surface area contributed by atoms with Gasteiger partial charge in [-0.15, -0.1) is 0 Å². The van der Waals surface area contributed by atoms with Crippen molar-refractivity contribution >= 4 is 0 Å². The maximum atomic E-state index is 11.2. The van der Waals surface area contributed by atoms with Crippen LogP contribution in [0.3, 0.4) is 0 Å². The van der Waals surface area contributed by atoms with E-state index in [1.54, 1.807) is 6.07 Å². The predicted molar refractivity (Wildman–Crippen MR) is 49.3 cm³/mol. The summed E-state index contributed by atoms with van der Waals surface area (Å²) in [7, 11) is 0. The van der Waals surface area contributed by atoms with Crippen molar-refractivity contribution in [2.75, 3.05) is 0 Å². The Kier molecular flexibility index (Phi) is 2.14. The van der Waals surface area contributed by atoms with Crippen LogP contribution < -0.4 is 11.3 Å². The first-order valence-electron chi connectivity index (χ1n) is 4.60. The van der Waals surface area contributed by atoms with Crippen LogP contribution in [0.2, 0.25) is 0 Å². The molecule has 0 radical (unpaired) electrons. The van der Waals surface area contributed by atoms with Gasteiger partial charge in [-0.1, -0.05) is 6.42 Å². The minimum atomic E-state index is -0.0858. The van der Waals surface area contributed by atoms with Gasteiger partial charge >= 0.3 is 0 Å². The van der Waals surface area contributed by atoms with Crippen molar-refractivity contribution in [2.45, 2.75) is 31.7 Å². The van der Waals surface area contributed by atoms with E-state index in [9.17, 15) is 4.79 Å². The third kappa shape index (κ3) is 1.62. The first kappa shape index (κ1) is 8.44. The molecule has 0 atom stereocenters. The molecule has 0 saturated heterocycles. The Morgan fingerprint density at radius 1 is 1.62 bits per heavy atom. The quantitative estimate of drug-likeness (QED) is 0.694. The molecule has 1 aromatic heterocycles. The molecule has 0 amide bonds. The summed E-state index contributed by atoms with van der Waals surface area (Å²) in [6, 6.07) is 1.59. The molecule has 4 heteroatoms. The molecule has 13 heavy (non-hydrogen) atoms. The minimum Gasteiger partial charge on any atom is -0.324 e. The second kappa shape index (κ2) is 3.30. The highest BCUT2D eigenvalue weighted by molar-refractivity contribution is 5.11. The third-order valence-electron chi connectivity index (χ3n) is 2.53. The van der Waals surface area contributed by atoms with Crippen LogP contribution in [0.1, 0.15) is 36.7 Å². The Morgan fingerprint density at radius 2 is 2.38 bits per heavy atom. The van der Waals surface area contributed by atoms with Crippen LogP contribution in [-0.2, 0) is 6.54 Å². The number of hydrogen-bond acceptors (Lipinski definition) is 3. The van der Waals surface area contributed by atoms with Gasteiger partial charge in [0.25, 0.3) is 5.56 Å². The monoisotopic (exact) mass is 179 g/mol. The molecule has 1 saturated carbocycles. The van der Waals surface area contributed by atoms with Crippen molar-refractivity contribution in [3.8, 4) is 0 Å². The molecule has 0 bridgehead atoms. The Balaban J connectivity index is 2.34. The molecule has 0 aliphatic heterocycles. The van der Waals surface area contributed by atoms with Crippen LogP contribution in [0.4, 0.5) is 0 Å². The molecule has 0 aromatic carbocycles. The van der Waals surface area contributed by atoms with Gasteiger partial charge < -0.3 is 10.7 Å². The summed E-state index contributed by atoms with van der Waals surface area (Å²) in [6.07, 6.45) is 3.55. The number of nitrogens with zero attached hydrogens (tertiary/aromatic N) is 1. The lowest BCUT2D eigenvalue weighted by atomic mass is 9.83. The van der Waals surface area contributed by atoms with Crippen LogP contribution in [0.15, 0.2) is 10.9 Å². The smallest absolute Gasteiger partial charge is 0.251 e. The first-order valence-corrected chi connectivity index (χ1v) is 4.60. The fraction of sp³-hybridized carbons (Fsp3) is 0.556. The van der Waals surface area contributed by atoms with Gasteiger partial charge in [-0.05, 0) is 12.8 Å². The summed E-state index contributed by atoms with van der Waals surface area (Å²) in [6.45, 7) is 0.301. The summed E-state index contributed by atoms with van der Waals surface area (Å²) in [5.74, 6) is 1.09. The normalized spacial score (nSPS) is 17.0. The molecule has 1 aromatic rings. The zero-order chi connectivity index (χ0) is 9.26. The van der Waals surface area contributed by atoms with Crippen molar-refractivity contribution in [1.82, 2.24) is 9.97 Å². The van der Waals surface area contributed by atoms with Crippen molar-refractivity contribution in [2.24, 2.45) is 5.73 Å². The largest absolute Gasteiger partial charge is 0.324 e. The molecule has 0 spiro atoms. The maximum Gasteiger partial charge on any atom is 0.251 e. The number of nitrogens with two attached hydrogens (primary N) is 1. The molecular formula is C9H13N3O. The van der Waals surface area contributed by atoms with E-state index >= 15 is 0 Å². The summed E-state index contributed by atoms with van der Waals surface area (Å²) in [5.41, 5.74) is 6.24. The number of aromatic amines is 1. The maximum absolute atomic E-state index is 11.2. The van der Waals surface area contributed by atoms with Crippen LogP contribution in [0.5, 0.6) is 0 Å². The number of H-pyrrole nitrogens is 1. The molecular weight excluding hydrogens is 166 g/mol. The van der Waals surface area contributed by atoms with Gasteiger partial charge in [0.15, 0.2) is 0 Å². The van der Waals surface area contributed by atoms with Crippen LogP contribution in [0, 0.1) is 0 Å². The summed E-state index contributed by atoms with van der Waals surface area (Å²) >= 11 is 0. The van der Waals surface area contributed by atoms with Crippen molar-refractivity contribution in [3.63, 3.8) is 0 Å². The molecule has 2 rings (SSSR count). The van der Waals surface area contributed by atoms with E-state index in [2.05, 4.69) is 9.97 Å². The van der Waals surface area contributed by atoms with E-state index in [1.807, 2.05) is 0 Å². The summed E-state index contributed by atoms with van der Waals surface area (Å²) < 4.78 is 0. The van der Waals surface area contributed by atoms with Crippen molar-refractivity contribution in [3.05, 3.63) is 27.9 Å². The topological polar surface area (TPSA) is 71.8 Å². The van der Waals surface area contributed by atoms with E-state index in [0.29, 0.717) is 18.3 Å². The highest BCUT2D eigenvalue weighted by atomic mass is 16.1. The van der Waals surface area contributed by atoms with Gasteiger partial charge in [0, 0.05) is 12.0 Å². The summed E-state index contributed by atoms with van der Waals surface area (Å²) in [5, 5.41) is 0. The molecule has 4 nitrogen and oxygen atoms in total. The Morgan fingerprint density at radius 3 is 2.92 bits per heavy atom. The lowest BCUT2D eigenvalue weighted by molar-refractivity contribution is 0.409. The van der Waals surface area contributed by atoms with Crippen LogP contribution in [0.25, 0.3) is 0 Å². The zero-order valence-corrected chi connectivity index (χ0v) is 7.42. The first-order chi connectivity index (χ1) is 6.29. The van der Waals surface area contributed by atoms with E-state index < -0.39 is 0 Å².